The first kappa shape index (κ1) is 11.3. The van der Waals surface area contributed by atoms with Crippen LogP contribution in [0.2, 0.25) is 0 Å². The molecule has 7 heavy (non-hydrogen) atoms. The molecule has 0 heterocycles. The van der Waals surface area contributed by atoms with Crippen LogP contribution >= 0.6 is 11.9 Å². The Kier molecular flexibility index (Phi) is 7.06. The average molecular weight is 440 g/mol. The first-order chi connectivity index (χ1) is 2.56. The summed E-state index contributed by atoms with van der Waals surface area (Å²) in [5.41, 5.74) is 0. The van der Waals surface area contributed by atoms with E-state index >= 15 is 0 Å². The summed E-state index contributed by atoms with van der Waals surface area (Å²) in [6.45, 7) is 0. The predicted octanol–water partition coefficient (Wildman–Crippen LogP) is -1.74. The van der Waals surface area contributed by atoms with Gasteiger partial charge >= 0.3 is 69.4 Å². The van der Waals surface area contributed by atoms with Crippen LogP contribution in [0.25, 0.3) is 0 Å². The SMILES string of the molecule is O=[Te](=O)(O)OCl.[BiH3]. The van der Waals surface area contributed by atoms with Gasteiger partial charge in [0, 0.05) is 0 Å². The number of halogens is 1. The van der Waals surface area contributed by atoms with Crippen molar-refractivity contribution >= 4 is 57.0 Å². The third-order valence-electron chi connectivity index (χ3n) is 0.0796. The Bertz CT molecular complexity index is 114. The summed E-state index contributed by atoms with van der Waals surface area (Å²) in [5.74, 6) is 0. The molecule has 0 aliphatic rings. The molecular weight excluding hydrogens is 436 g/mol. The van der Waals surface area contributed by atoms with Crippen molar-refractivity contribution in [3.05, 3.63) is 0 Å². The minimum absolute atomic E-state index is 0. The first-order valence-corrected chi connectivity index (χ1v) is 5.04. The van der Waals surface area contributed by atoms with Crippen molar-refractivity contribution in [2.45, 2.75) is 0 Å². The Morgan fingerprint density at radius 3 is 1.71 bits per heavy atom. The molecule has 7 heteroatoms. The van der Waals surface area contributed by atoms with Crippen LogP contribution in [0.15, 0.2) is 0 Å². The molecule has 0 rings (SSSR count). The molecule has 0 aromatic rings. The van der Waals surface area contributed by atoms with E-state index in [1.165, 1.54) is 0 Å². The molecule has 0 unspecified atom stereocenters. The molecular formula is H4BiClO4Te. The molecule has 0 aliphatic carbocycles. The van der Waals surface area contributed by atoms with Gasteiger partial charge in [0.2, 0.25) is 0 Å². The second-order valence-corrected chi connectivity index (χ2v) is 4.14. The molecule has 0 aromatic heterocycles. The molecule has 0 aliphatic heterocycles. The van der Waals surface area contributed by atoms with Gasteiger partial charge in [-0.1, -0.05) is 0 Å². The van der Waals surface area contributed by atoms with Crippen LogP contribution < -0.4 is 0 Å². The molecule has 0 bridgehead atoms. The van der Waals surface area contributed by atoms with Gasteiger partial charge in [0.1, 0.15) is 0 Å². The minimum atomic E-state index is -5.30. The van der Waals surface area contributed by atoms with E-state index in [1.54, 1.807) is 0 Å². The average Bonchev–Trinajstić information content (AvgIpc) is 1.35. The van der Waals surface area contributed by atoms with Crippen molar-refractivity contribution in [2.24, 2.45) is 0 Å². The van der Waals surface area contributed by atoms with Crippen molar-refractivity contribution in [2.75, 3.05) is 0 Å². The summed E-state index contributed by atoms with van der Waals surface area (Å²) in [6, 6.07) is 0. The predicted molar refractivity (Wildman–Crippen MR) is 26.2 cm³/mol. The summed E-state index contributed by atoms with van der Waals surface area (Å²) < 4.78 is 29.2. The van der Waals surface area contributed by atoms with Gasteiger partial charge in [-0.3, -0.25) is 0 Å². The van der Waals surface area contributed by atoms with Crippen LogP contribution in [0.3, 0.4) is 0 Å². The van der Waals surface area contributed by atoms with Gasteiger partial charge in [-0.05, 0) is 0 Å². The van der Waals surface area contributed by atoms with Gasteiger partial charge in [0.05, 0.1) is 0 Å². The molecule has 1 N–H and O–H groups in total. The second kappa shape index (κ2) is 4.37. The molecule has 0 saturated carbocycles. The van der Waals surface area contributed by atoms with Crippen molar-refractivity contribution in [3.8, 4) is 0 Å². The Morgan fingerprint density at radius 1 is 1.57 bits per heavy atom. The van der Waals surface area contributed by atoms with E-state index in [0.717, 1.165) is 0 Å². The van der Waals surface area contributed by atoms with Crippen LogP contribution in [0.4, 0.5) is 0 Å². The molecule has 0 aromatic carbocycles. The molecule has 46 valence electrons. The van der Waals surface area contributed by atoms with Crippen molar-refractivity contribution in [1.82, 2.24) is 0 Å². The maximum atomic E-state index is 9.31. The van der Waals surface area contributed by atoms with E-state index in [4.69, 9.17) is 3.47 Å². The van der Waals surface area contributed by atoms with E-state index in [9.17, 15) is 6.21 Å². The van der Waals surface area contributed by atoms with Crippen molar-refractivity contribution < 1.29 is 12.3 Å². The third kappa shape index (κ3) is 11.2. The quantitative estimate of drug-likeness (QED) is 0.493. The van der Waals surface area contributed by atoms with Crippen LogP contribution in [0.5, 0.6) is 0 Å². The van der Waals surface area contributed by atoms with Gasteiger partial charge in [-0.15, -0.1) is 0 Å². The normalized spacial score (nSPS) is 10.0. The molecule has 0 fully saturated rings. The van der Waals surface area contributed by atoms with Crippen LogP contribution in [0.1, 0.15) is 0 Å². The monoisotopic (exact) mass is 442 g/mol. The fraction of sp³-hybridized carbons (Fsp3) is 0. The van der Waals surface area contributed by atoms with Crippen molar-refractivity contribution in [1.29, 1.82) is 0 Å². The summed E-state index contributed by atoms with van der Waals surface area (Å²) in [7, 11) is 0. The third-order valence-corrected chi connectivity index (χ3v) is 1.60. The zero-order valence-electron chi connectivity index (χ0n) is 3.17. The maximum absolute atomic E-state index is 9.31. The fourth-order valence-corrected chi connectivity index (χ4v) is 0. The first-order valence-electron chi connectivity index (χ1n) is 0.837. The standard InChI is InChI=1S/Bi.ClHO4Te.3H/c;1-5-6(2,3)4;;;/h;(H,2,3,4);;;. The fourth-order valence-electron chi connectivity index (χ4n) is 0. The Morgan fingerprint density at radius 2 is 1.71 bits per heavy atom. The molecule has 0 amide bonds. The zero-order chi connectivity index (χ0) is 5.21. The van der Waals surface area contributed by atoms with Crippen LogP contribution in [0, 0.1) is 0 Å². The number of rotatable bonds is 1. The summed E-state index contributed by atoms with van der Waals surface area (Å²) in [5, 5.41) is 0. The number of hydrogen-bond donors (Lipinski definition) is 1. The Labute approximate surface area is 68.7 Å². The summed E-state index contributed by atoms with van der Waals surface area (Å²) >= 11 is -1.11. The Balaban J connectivity index is 0. The van der Waals surface area contributed by atoms with Gasteiger partial charge in [-0.2, -0.15) is 0 Å². The van der Waals surface area contributed by atoms with E-state index < -0.39 is 19.0 Å². The molecule has 0 spiro atoms. The van der Waals surface area contributed by atoms with Gasteiger partial charge in [-0.25, -0.2) is 0 Å². The topological polar surface area (TPSA) is 63.6 Å². The molecule has 4 nitrogen and oxygen atoms in total. The zero-order valence-corrected chi connectivity index (χ0v) is 11.7. The van der Waals surface area contributed by atoms with E-state index in [1.807, 2.05) is 0 Å². The number of hydrogen-bond acceptors (Lipinski definition) is 3. The molecule has 0 saturated heterocycles. The second-order valence-electron chi connectivity index (χ2n) is 0.491. The van der Waals surface area contributed by atoms with Crippen LogP contribution in [-0.2, 0) is 8.86 Å². The van der Waals surface area contributed by atoms with Gasteiger partial charge in [0.25, 0.3) is 0 Å². The van der Waals surface area contributed by atoms with Gasteiger partial charge < -0.3 is 0 Å². The van der Waals surface area contributed by atoms with Gasteiger partial charge in [0.15, 0.2) is 0 Å². The summed E-state index contributed by atoms with van der Waals surface area (Å²) in [6.07, 6.45) is 0. The van der Waals surface area contributed by atoms with E-state index in [0.29, 0.717) is 0 Å². The van der Waals surface area contributed by atoms with Crippen molar-refractivity contribution in [3.63, 3.8) is 0 Å². The molecule has 0 atom stereocenters. The summed E-state index contributed by atoms with van der Waals surface area (Å²) in [4.78, 5) is 0. The molecule has 0 radical (unpaired) electrons. The Hall–Kier alpha value is 1.48. The van der Waals surface area contributed by atoms with Crippen LogP contribution in [-0.4, -0.2) is 48.6 Å². The van der Waals surface area contributed by atoms with E-state index in [-0.39, 0.29) is 26.2 Å². The van der Waals surface area contributed by atoms with E-state index in [2.05, 4.69) is 14.5 Å².